The largest absolute Gasteiger partial charge is 0.491 e. The average Bonchev–Trinajstić information content (AvgIpc) is 2.53. The van der Waals surface area contributed by atoms with Gasteiger partial charge in [0.15, 0.2) is 5.78 Å². The van der Waals surface area contributed by atoms with Crippen LogP contribution in [0.3, 0.4) is 0 Å². The van der Waals surface area contributed by atoms with E-state index in [1.165, 1.54) is 13.0 Å². The second kappa shape index (κ2) is 8.11. The predicted molar refractivity (Wildman–Crippen MR) is 96.3 cm³/mol. The fourth-order valence-corrected chi connectivity index (χ4v) is 2.12. The lowest BCUT2D eigenvalue weighted by molar-refractivity contribution is -0.114. The van der Waals surface area contributed by atoms with Crippen LogP contribution >= 0.6 is 0 Å². The van der Waals surface area contributed by atoms with Crippen LogP contribution in [-0.2, 0) is 4.79 Å². The van der Waals surface area contributed by atoms with Gasteiger partial charge in [0.2, 0.25) is 5.91 Å². The van der Waals surface area contributed by atoms with Gasteiger partial charge in [0.25, 0.3) is 0 Å². The Morgan fingerprint density at radius 3 is 2.17 bits per heavy atom. The van der Waals surface area contributed by atoms with Gasteiger partial charge >= 0.3 is 0 Å². The molecular formula is C20H21NO3. The first-order chi connectivity index (χ1) is 11.4. The van der Waals surface area contributed by atoms with Crippen LogP contribution in [-0.4, -0.2) is 17.8 Å². The van der Waals surface area contributed by atoms with E-state index in [2.05, 4.69) is 5.32 Å². The summed E-state index contributed by atoms with van der Waals surface area (Å²) in [6.07, 6.45) is 3.39. The second-order valence-electron chi connectivity index (χ2n) is 5.69. The maximum Gasteiger partial charge on any atom is 0.221 e. The number of carbonyl (C=O) groups is 2. The molecule has 0 saturated heterocycles. The third-order valence-electron chi connectivity index (χ3n) is 3.17. The van der Waals surface area contributed by atoms with E-state index in [1.807, 2.05) is 26.0 Å². The molecule has 0 radical (unpaired) electrons. The average molecular weight is 323 g/mol. The highest BCUT2D eigenvalue weighted by Crippen LogP contribution is 2.15. The molecule has 124 valence electrons. The number of rotatable bonds is 6. The zero-order chi connectivity index (χ0) is 17.5. The Balaban J connectivity index is 2.00. The van der Waals surface area contributed by atoms with Crippen LogP contribution in [0.5, 0.6) is 5.75 Å². The van der Waals surface area contributed by atoms with E-state index in [1.54, 1.807) is 42.5 Å². The van der Waals surface area contributed by atoms with Gasteiger partial charge in [0.1, 0.15) is 5.75 Å². The molecule has 0 aliphatic carbocycles. The third-order valence-corrected chi connectivity index (χ3v) is 3.17. The summed E-state index contributed by atoms with van der Waals surface area (Å²) in [6, 6.07) is 14.4. The summed E-state index contributed by atoms with van der Waals surface area (Å²) in [5, 5.41) is 2.70. The summed E-state index contributed by atoms with van der Waals surface area (Å²) < 4.78 is 5.56. The van der Waals surface area contributed by atoms with Gasteiger partial charge in [-0.3, -0.25) is 9.59 Å². The predicted octanol–water partition coefficient (Wildman–Crippen LogP) is 4.33. The number of hydrogen-bond donors (Lipinski definition) is 1. The number of carbonyl (C=O) groups excluding carboxylic acids is 2. The molecule has 0 heterocycles. The SMILES string of the molecule is CC(=O)Nc1ccc(/C=C/C(=O)c2ccc(OC(C)C)cc2)cc1. The minimum Gasteiger partial charge on any atom is -0.491 e. The molecular weight excluding hydrogens is 302 g/mol. The summed E-state index contributed by atoms with van der Waals surface area (Å²) >= 11 is 0. The van der Waals surface area contributed by atoms with Gasteiger partial charge in [-0.05, 0) is 61.9 Å². The van der Waals surface area contributed by atoms with Gasteiger partial charge in [-0.15, -0.1) is 0 Å². The van der Waals surface area contributed by atoms with Crippen molar-refractivity contribution >= 4 is 23.5 Å². The fourth-order valence-electron chi connectivity index (χ4n) is 2.12. The highest BCUT2D eigenvalue weighted by Gasteiger charge is 2.03. The molecule has 0 unspecified atom stereocenters. The Hall–Kier alpha value is -2.88. The van der Waals surface area contributed by atoms with Crippen molar-refractivity contribution in [1.82, 2.24) is 0 Å². The number of allylic oxidation sites excluding steroid dienone is 1. The highest BCUT2D eigenvalue weighted by atomic mass is 16.5. The minimum absolute atomic E-state index is 0.0722. The smallest absolute Gasteiger partial charge is 0.221 e. The maximum atomic E-state index is 12.2. The summed E-state index contributed by atoms with van der Waals surface area (Å²) in [5.74, 6) is 0.564. The lowest BCUT2D eigenvalue weighted by atomic mass is 10.1. The van der Waals surface area contributed by atoms with E-state index in [0.29, 0.717) is 5.56 Å². The Kier molecular flexibility index (Phi) is 5.90. The molecule has 4 heteroatoms. The van der Waals surface area contributed by atoms with E-state index in [0.717, 1.165) is 17.0 Å². The molecule has 2 aromatic carbocycles. The number of ketones is 1. The molecule has 1 N–H and O–H groups in total. The van der Waals surface area contributed by atoms with Crippen molar-refractivity contribution in [3.8, 4) is 5.75 Å². The van der Waals surface area contributed by atoms with Crippen molar-refractivity contribution in [1.29, 1.82) is 0 Å². The molecule has 24 heavy (non-hydrogen) atoms. The lowest BCUT2D eigenvalue weighted by Gasteiger charge is -2.09. The van der Waals surface area contributed by atoms with Crippen molar-refractivity contribution in [2.24, 2.45) is 0 Å². The molecule has 0 fully saturated rings. The first kappa shape index (κ1) is 17.5. The lowest BCUT2D eigenvalue weighted by Crippen LogP contribution is -2.05. The molecule has 2 aromatic rings. The number of ether oxygens (including phenoxy) is 1. The molecule has 2 rings (SSSR count). The summed E-state index contributed by atoms with van der Waals surface area (Å²) in [6.45, 7) is 5.38. The quantitative estimate of drug-likeness (QED) is 0.636. The van der Waals surface area contributed by atoms with Gasteiger partial charge in [-0.25, -0.2) is 0 Å². The Morgan fingerprint density at radius 1 is 1.00 bits per heavy atom. The normalized spacial score (nSPS) is 10.8. The number of anilines is 1. The van der Waals surface area contributed by atoms with Crippen LogP contribution in [0.4, 0.5) is 5.69 Å². The Labute approximate surface area is 142 Å². The van der Waals surface area contributed by atoms with Crippen molar-refractivity contribution in [3.63, 3.8) is 0 Å². The molecule has 4 nitrogen and oxygen atoms in total. The van der Waals surface area contributed by atoms with Gasteiger partial charge in [0, 0.05) is 18.2 Å². The second-order valence-corrected chi connectivity index (χ2v) is 5.69. The fraction of sp³-hybridized carbons (Fsp3) is 0.200. The van der Waals surface area contributed by atoms with Gasteiger partial charge in [-0.1, -0.05) is 18.2 Å². The van der Waals surface area contributed by atoms with Crippen LogP contribution < -0.4 is 10.1 Å². The summed E-state index contributed by atoms with van der Waals surface area (Å²) in [4.78, 5) is 23.2. The van der Waals surface area contributed by atoms with Crippen molar-refractivity contribution < 1.29 is 14.3 Å². The van der Waals surface area contributed by atoms with Gasteiger partial charge in [-0.2, -0.15) is 0 Å². The van der Waals surface area contributed by atoms with Crippen molar-refractivity contribution in [3.05, 3.63) is 65.7 Å². The van der Waals surface area contributed by atoms with Crippen LogP contribution in [0.1, 0.15) is 36.7 Å². The first-order valence-corrected chi connectivity index (χ1v) is 7.81. The molecule has 0 spiro atoms. The van der Waals surface area contributed by atoms with Crippen molar-refractivity contribution in [2.75, 3.05) is 5.32 Å². The molecule has 0 aromatic heterocycles. The summed E-state index contributed by atoms with van der Waals surface area (Å²) in [7, 11) is 0. The monoisotopic (exact) mass is 323 g/mol. The van der Waals surface area contributed by atoms with E-state index in [-0.39, 0.29) is 17.8 Å². The molecule has 1 amide bonds. The highest BCUT2D eigenvalue weighted by molar-refractivity contribution is 6.06. The molecule has 0 bridgehead atoms. The van der Waals surface area contributed by atoms with E-state index < -0.39 is 0 Å². The third kappa shape index (κ3) is 5.39. The summed E-state index contributed by atoms with van der Waals surface area (Å²) in [5.41, 5.74) is 2.22. The van der Waals surface area contributed by atoms with E-state index in [9.17, 15) is 9.59 Å². The van der Waals surface area contributed by atoms with Crippen LogP contribution in [0.25, 0.3) is 6.08 Å². The number of amides is 1. The topological polar surface area (TPSA) is 55.4 Å². The zero-order valence-corrected chi connectivity index (χ0v) is 14.1. The molecule has 0 atom stereocenters. The molecule has 0 aliphatic heterocycles. The number of benzene rings is 2. The van der Waals surface area contributed by atoms with Crippen LogP contribution in [0.2, 0.25) is 0 Å². The Morgan fingerprint density at radius 2 is 1.62 bits per heavy atom. The standard InChI is InChI=1S/C20H21NO3/c1-14(2)24-19-11-7-17(8-12-19)20(23)13-6-16-4-9-18(10-5-16)21-15(3)22/h4-14H,1-3H3,(H,21,22)/b13-6+. The Bertz CT molecular complexity index is 728. The van der Waals surface area contributed by atoms with Crippen LogP contribution in [0, 0.1) is 0 Å². The van der Waals surface area contributed by atoms with E-state index in [4.69, 9.17) is 4.74 Å². The molecule has 0 aliphatic rings. The maximum absolute atomic E-state index is 12.2. The first-order valence-electron chi connectivity index (χ1n) is 7.81. The van der Waals surface area contributed by atoms with Crippen LogP contribution in [0.15, 0.2) is 54.6 Å². The number of hydrogen-bond acceptors (Lipinski definition) is 3. The van der Waals surface area contributed by atoms with E-state index >= 15 is 0 Å². The zero-order valence-electron chi connectivity index (χ0n) is 14.1. The van der Waals surface area contributed by atoms with Gasteiger partial charge in [0.05, 0.1) is 6.10 Å². The van der Waals surface area contributed by atoms with Gasteiger partial charge < -0.3 is 10.1 Å². The molecule has 0 saturated carbocycles. The number of nitrogens with one attached hydrogen (secondary N) is 1. The van der Waals surface area contributed by atoms with Crippen molar-refractivity contribution in [2.45, 2.75) is 26.9 Å². The minimum atomic E-state index is -0.113.